The van der Waals surface area contributed by atoms with Gasteiger partial charge < -0.3 is 23.9 Å². The summed E-state index contributed by atoms with van der Waals surface area (Å²) in [4.78, 5) is 16.8. The number of rotatable bonds is 9. The number of aromatic nitrogens is 1. The number of carbonyl (C=O) groups is 1. The zero-order valence-electron chi connectivity index (χ0n) is 18.9. The third-order valence-electron chi connectivity index (χ3n) is 4.38. The number of anilines is 1. The number of carbonyl (C=O) groups excluding carboxylic acids is 1. The molecule has 176 valence electrons. The molecule has 3 aromatic rings. The number of alkyl halides is 2. The predicted molar refractivity (Wildman–Crippen MR) is 119 cm³/mol. The first-order valence-electron chi connectivity index (χ1n) is 10.4. The highest BCUT2D eigenvalue weighted by Gasteiger charge is 2.23. The molecule has 0 saturated carbocycles. The molecule has 0 fully saturated rings. The molecule has 0 spiro atoms. The van der Waals surface area contributed by atoms with Crippen LogP contribution in [-0.2, 0) is 11.3 Å². The number of nitrogens with one attached hydrogen (secondary N) is 1. The number of hydrogen-bond donors (Lipinski definition) is 1. The Morgan fingerprint density at radius 1 is 1.18 bits per heavy atom. The van der Waals surface area contributed by atoms with Crippen molar-refractivity contribution < 1.29 is 32.2 Å². The van der Waals surface area contributed by atoms with Gasteiger partial charge in [0.1, 0.15) is 11.4 Å². The van der Waals surface area contributed by atoms with Gasteiger partial charge in [0.15, 0.2) is 17.9 Å². The molecule has 33 heavy (non-hydrogen) atoms. The van der Waals surface area contributed by atoms with Crippen molar-refractivity contribution in [3.05, 3.63) is 60.3 Å². The fourth-order valence-corrected chi connectivity index (χ4v) is 3.13. The Bertz CT molecular complexity index is 1080. The molecule has 1 heterocycles. The van der Waals surface area contributed by atoms with Crippen LogP contribution in [0, 0.1) is 0 Å². The second-order valence-corrected chi connectivity index (χ2v) is 8.02. The quantitative estimate of drug-likeness (QED) is 0.398. The number of para-hydroxylation sites is 1. The minimum Gasteiger partial charge on any atom is -0.490 e. The molecule has 0 atom stereocenters. The lowest BCUT2D eigenvalue weighted by Gasteiger charge is -2.22. The molecule has 2 aromatic carbocycles. The fraction of sp³-hybridized carbons (Fsp3) is 0.333. The van der Waals surface area contributed by atoms with Crippen LogP contribution in [0.15, 0.2) is 53.4 Å². The van der Waals surface area contributed by atoms with Crippen molar-refractivity contribution >= 4 is 11.7 Å². The minimum absolute atomic E-state index is 0.0740. The first-order chi connectivity index (χ1) is 15.7. The van der Waals surface area contributed by atoms with E-state index < -0.39 is 18.2 Å². The zero-order chi connectivity index (χ0) is 24.0. The lowest BCUT2D eigenvalue weighted by atomic mass is 9.99. The molecular formula is C24H26F2N2O5. The summed E-state index contributed by atoms with van der Waals surface area (Å²) in [5.74, 6) is 0.150. The number of ether oxygens (including phenoxy) is 3. The van der Waals surface area contributed by atoms with Crippen LogP contribution in [0.2, 0.25) is 0 Å². The monoisotopic (exact) mass is 460 g/mol. The summed E-state index contributed by atoms with van der Waals surface area (Å²) in [5, 5.41) is 3.22. The lowest BCUT2D eigenvalue weighted by Crippen LogP contribution is -2.24. The van der Waals surface area contributed by atoms with Crippen molar-refractivity contribution in [1.29, 1.82) is 0 Å². The van der Waals surface area contributed by atoms with Crippen LogP contribution in [0.4, 0.5) is 14.5 Å². The molecule has 0 amide bonds. The SMILES string of the molecule is CCOc1cc(-c2cccc(C(=O)OC(C)(C)C)c2NCc2cnco2)ccc1OC(F)F. The molecule has 7 nitrogen and oxygen atoms in total. The van der Waals surface area contributed by atoms with Crippen molar-refractivity contribution in [1.82, 2.24) is 4.98 Å². The van der Waals surface area contributed by atoms with Crippen molar-refractivity contribution in [2.75, 3.05) is 11.9 Å². The normalized spacial score (nSPS) is 11.4. The summed E-state index contributed by atoms with van der Waals surface area (Å²) >= 11 is 0. The number of benzene rings is 2. The lowest BCUT2D eigenvalue weighted by molar-refractivity contribution is -0.0514. The van der Waals surface area contributed by atoms with E-state index in [1.807, 2.05) is 0 Å². The molecule has 0 bridgehead atoms. The predicted octanol–water partition coefficient (Wildman–Crippen LogP) is 5.91. The maximum Gasteiger partial charge on any atom is 0.387 e. The van der Waals surface area contributed by atoms with Gasteiger partial charge in [-0.05, 0) is 51.5 Å². The van der Waals surface area contributed by atoms with E-state index in [4.69, 9.17) is 13.9 Å². The number of hydrogen-bond acceptors (Lipinski definition) is 7. The van der Waals surface area contributed by atoms with Crippen molar-refractivity contribution in [2.45, 2.75) is 46.5 Å². The van der Waals surface area contributed by atoms with Crippen molar-refractivity contribution in [3.8, 4) is 22.6 Å². The Hall–Kier alpha value is -3.62. The Morgan fingerprint density at radius 2 is 1.97 bits per heavy atom. The molecule has 0 saturated heterocycles. The first-order valence-corrected chi connectivity index (χ1v) is 10.4. The first kappa shape index (κ1) is 24.0. The smallest absolute Gasteiger partial charge is 0.387 e. The van der Waals surface area contributed by atoms with E-state index >= 15 is 0 Å². The maximum atomic E-state index is 12.9. The van der Waals surface area contributed by atoms with Crippen LogP contribution in [0.5, 0.6) is 11.5 Å². The van der Waals surface area contributed by atoms with E-state index in [0.717, 1.165) is 0 Å². The van der Waals surface area contributed by atoms with Crippen molar-refractivity contribution in [3.63, 3.8) is 0 Å². The van der Waals surface area contributed by atoms with Gasteiger partial charge in [-0.2, -0.15) is 8.78 Å². The average Bonchev–Trinajstić information content (AvgIpc) is 3.25. The largest absolute Gasteiger partial charge is 0.490 e. The van der Waals surface area contributed by atoms with Gasteiger partial charge in [-0.3, -0.25) is 0 Å². The van der Waals surface area contributed by atoms with E-state index in [0.29, 0.717) is 28.1 Å². The summed E-state index contributed by atoms with van der Waals surface area (Å²) in [5.41, 5.74) is 1.39. The van der Waals surface area contributed by atoms with Gasteiger partial charge in [-0.15, -0.1) is 0 Å². The highest BCUT2D eigenvalue weighted by Crippen LogP contribution is 2.38. The molecule has 1 aromatic heterocycles. The van der Waals surface area contributed by atoms with Crippen LogP contribution in [0.25, 0.3) is 11.1 Å². The fourth-order valence-electron chi connectivity index (χ4n) is 3.13. The summed E-state index contributed by atoms with van der Waals surface area (Å²) in [6.45, 7) is 4.64. The molecule has 0 aliphatic carbocycles. The van der Waals surface area contributed by atoms with Gasteiger partial charge in [0, 0.05) is 5.56 Å². The van der Waals surface area contributed by atoms with Crippen molar-refractivity contribution in [2.24, 2.45) is 0 Å². The van der Waals surface area contributed by atoms with Crippen LogP contribution in [-0.4, -0.2) is 29.8 Å². The summed E-state index contributed by atoms with van der Waals surface area (Å²) in [6, 6.07) is 9.79. The Labute approximate surface area is 190 Å². The van der Waals surface area contributed by atoms with E-state index in [1.54, 1.807) is 64.2 Å². The second kappa shape index (κ2) is 10.3. The third-order valence-corrected chi connectivity index (χ3v) is 4.38. The number of halogens is 2. The van der Waals surface area contributed by atoms with Gasteiger partial charge in [0.05, 0.1) is 30.6 Å². The van der Waals surface area contributed by atoms with Crippen LogP contribution >= 0.6 is 0 Å². The minimum atomic E-state index is -2.98. The van der Waals surface area contributed by atoms with Crippen LogP contribution < -0.4 is 14.8 Å². The topological polar surface area (TPSA) is 82.8 Å². The second-order valence-electron chi connectivity index (χ2n) is 8.02. The maximum absolute atomic E-state index is 12.9. The molecule has 0 unspecified atom stereocenters. The molecule has 9 heteroatoms. The molecule has 0 aliphatic rings. The summed E-state index contributed by atoms with van der Waals surface area (Å²) < 4.78 is 46.5. The van der Waals surface area contributed by atoms with E-state index in [9.17, 15) is 13.6 Å². The van der Waals surface area contributed by atoms with Gasteiger partial charge in [0.2, 0.25) is 0 Å². The number of nitrogens with zero attached hydrogens (tertiary/aromatic N) is 1. The summed E-state index contributed by atoms with van der Waals surface area (Å²) in [6.07, 6.45) is 2.88. The molecule has 1 N–H and O–H groups in total. The van der Waals surface area contributed by atoms with E-state index in [1.165, 1.54) is 12.5 Å². The van der Waals surface area contributed by atoms with E-state index in [2.05, 4.69) is 15.0 Å². The Morgan fingerprint density at radius 3 is 2.61 bits per heavy atom. The van der Waals surface area contributed by atoms with Gasteiger partial charge >= 0.3 is 12.6 Å². The van der Waals surface area contributed by atoms with Crippen LogP contribution in [0.1, 0.15) is 43.8 Å². The molecule has 3 rings (SSSR count). The molecule has 0 radical (unpaired) electrons. The standard InChI is InChI=1S/C24H26F2N2O5/c1-5-30-20-11-15(9-10-19(20)32-23(25)26)17-7-6-8-18(22(29)33-24(2,3)4)21(17)28-13-16-12-27-14-31-16/h6-12,14,23,28H,5,13H2,1-4H3. The summed E-state index contributed by atoms with van der Waals surface area (Å²) in [7, 11) is 0. The molecule has 0 aliphatic heterocycles. The molecular weight excluding hydrogens is 434 g/mol. The zero-order valence-corrected chi connectivity index (χ0v) is 18.9. The third kappa shape index (κ3) is 6.44. The van der Waals surface area contributed by atoms with Gasteiger partial charge in [0.25, 0.3) is 0 Å². The van der Waals surface area contributed by atoms with Crippen LogP contribution in [0.3, 0.4) is 0 Å². The highest BCUT2D eigenvalue weighted by atomic mass is 19.3. The number of oxazole rings is 1. The van der Waals surface area contributed by atoms with E-state index in [-0.39, 0.29) is 24.7 Å². The number of esters is 1. The highest BCUT2D eigenvalue weighted by molar-refractivity contribution is 6.00. The van der Waals surface area contributed by atoms with Gasteiger partial charge in [-0.25, -0.2) is 9.78 Å². The van der Waals surface area contributed by atoms with Gasteiger partial charge in [-0.1, -0.05) is 18.2 Å². The average molecular weight is 460 g/mol. The Balaban J connectivity index is 2.07. The Kier molecular flexibility index (Phi) is 7.52.